The minimum atomic E-state index is 0.544. The zero-order valence-corrected chi connectivity index (χ0v) is 9.07. The Bertz CT molecular complexity index is 351. The van der Waals surface area contributed by atoms with Crippen LogP contribution in [0, 0.1) is 0 Å². The molecule has 0 saturated heterocycles. The van der Waals surface area contributed by atoms with Gasteiger partial charge in [0.1, 0.15) is 6.33 Å². The molecule has 2 unspecified atom stereocenters. The van der Waals surface area contributed by atoms with E-state index in [-0.39, 0.29) is 0 Å². The molecule has 0 fully saturated rings. The Morgan fingerprint density at radius 3 is 3.14 bits per heavy atom. The Balaban J connectivity index is 2.44. The minimum absolute atomic E-state index is 0.544. The van der Waals surface area contributed by atoms with Crippen LogP contribution >= 0.6 is 0 Å². The van der Waals surface area contributed by atoms with Crippen LogP contribution in [0.1, 0.15) is 56.8 Å². The largest absolute Gasteiger partial charge is 0.239 e. The summed E-state index contributed by atoms with van der Waals surface area (Å²) < 4.78 is 1.93. The van der Waals surface area contributed by atoms with Crippen LogP contribution in [0.4, 0.5) is 0 Å². The van der Waals surface area contributed by atoms with Gasteiger partial charge in [0.05, 0.1) is 11.4 Å². The van der Waals surface area contributed by atoms with Crippen LogP contribution in [0.15, 0.2) is 11.4 Å². The second-order valence-electron chi connectivity index (χ2n) is 4.10. The first-order valence-corrected chi connectivity index (χ1v) is 5.34. The first-order valence-electron chi connectivity index (χ1n) is 5.34. The average Bonchev–Trinajstić information content (AvgIpc) is 2.62. The molecule has 1 aromatic heterocycles. The Labute approximate surface area is 84.8 Å². The Morgan fingerprint density at radius 1 is 1.64 bits per heavy atom. The van der Waals surface area contributed by atoms with E-state index in [1.807, 2.05) is 17.2 Å². The molecule has 2 atom stereocenters. The number of fused-ring (bicyclic) bond motifs is 1. The number of nitrogens with zero attached hydrogens (tertiary/aromatic N) is 3. The number of rotatable bonds is 2. The van der Waals surface area contributed by atoms with Crippen LogP contribution in [-0.2, 0) is 0 Å². The zero-order valence-electron chi connectivity index (χ0n) is 9.07. The third kappa shape index (κ3) is 1.37. The van der Waals surface area contributed by atoms with Gasteiger partial charge in [-0.1, -0.05) is 20.8 Å². The highest BCUT2D eigenvalue weighted by Crippen LogP contribution is 2.30. The van der Waals surface area contributed by atoms with Crippen LogP contribution in [0.5, 0.6) is 0 Å². The van der Waals surface area contributed by atoms with Gasteiger partial charge in [-0.25, -0.2) is 9.66 Å². The molecule has 1 aromatic rings. The smallest absolute Gasteiger partial charge is 0.117 e. The van der Waals surface area contributed by atoms with E-state index in [9.17, 15) is 0 Å². The molecule has 2 heterocycles. The third-order valence-electron chi connectivity index (χ3n) is 3.03. The average molecular weight is 191 g/mol. The highest BCUT2D eigenvalue weighted by molar-refractivity contribution is 5.60. The van der Waals surface area contributed by atoms with E-state index in [0.717, 1.165) is 12.8 Å². The van der Waals surface area contributed by atoms with Crippen molar-refractivity contribution in [3.8, 4) is 0 Å². The summed E-state index contributed by atoms with van der Waals surface area (Å²) in [6.07, 6.45) is 5.98. The maximum Gasteiger partial charge on any atom is 0.117 e. The molecule has 0 aliphatic carbocycles. The van der Waals surface area contributed by atoms with Gasteiger partial charge >= 0.3 is 0 Å². The van der Waals surface area contributed by atoms with Crippen molar-refractivity contribution in [1.29, 1.82) is 0 Å². The van der Waals surface area contributed by atoms with E-state index in [0.29, 0.717) is 11.8 Å². The molecule has 0 N–H and O–H groups in total. The summed E-state index contributed by atoms with van der Waals surface area (Å²) in [5.41, 5.74) is 2.54. The number of imidazole rings is 1. The fourth-order valence-corrected chi connectivity index (χ4v) is 1.91. The van der Waals surface area contributed by atoms with Crippen molar-refractivity contribution in [2.75, 3.05) is 0 Å². The van der Waals surface area contributed by atoms with E-state index < -0.39 is 0 Å². The highest BCUT2D eigenvalue weighted by atomic mass is 15.4. The molecule has 0 aromatic carbocycles. The Kier molecular flexibility index (Phi) is 2.40. The van der Waals surface area contributed by atoms with Crippen molar-refractivity contribution >= 4 is 6.21 Å². The molecule has 0 radical (unpaired) electrons. The normalized spacial score (nSPS) is 22.1. The fourth-order valence-electron chi connectivity index (χ4n) is 1.91. The van der Waals surface area contributed by atoms with Crippen molar-refractivity contribution < 1.29 is 0 Å². The van der Waals surface area contributed by atoms with E-state index in [1.165, 1.54) is 11.4 Å². The van der Waals surface area contributed by atoms with E-state index in [1.54, 1.807) is 0 Å². The molecule has 0 amide bonds. The molecule has 0 saturated carbocycles. The summed E-state index contributed by atoms with van der Waals surface area (Å²) in [5.74, 6) is 1.10. The number of aromatic nitrogens is 2. The topological polar surface area (TPSA) is 30.2 Å². The first kappa shape index (κ1) is 9.44. The molecule has 3 heteroatoms. The molecule has 3 nitrogen and oxygen atoms in total. The van der Waals surface area contributed by atoms with Crippen LogP contribution in [0.3, 0.4) is 0 Å². The molecular weight excluding hydrogens is 174 g/mol. The quantitative estimate of drug-likeness (QED) is 0.707. The highest BCUT2D eigenvalue weighted by Gasteiger charge is 2.22. The lowest BCUT2D eigenvalue weighted by Gasteiger charge is -2.18. The lowest BCUT2D eigenvalue weighted by molar-refractivity contribution is 0.633. The number of hydrogen-bond donors (Lipinski definition) is 0. The van der Waals surface area contributed by atoms with Crippen molar-refractivity contribution in [3.63, 3.8) is 0 Å². The maximum atomic E-state index is 4.47. The van der Waals surface area contributed by atoms with Gasteiger partial charge in [-0.3, -0.25) is 0 Å². The molecule has 14 heavy (non-hydrogen) atoms. The summed E-state index contributed by atoms with van der Waals surface area (Å²) in [5, 5.41) is 4.31. The van der Waals surface area contributed by atoms with Crippen LogP contribution in [0.25, 0.3) is 0 Å². The van der Waals surface area contributed by atoms with Gasteiger partial charge in [0.2, 0.25) is 0 Å². The second-order valence-corrected chi connectivity index (χ2v) is 4.10. The Morgan fingerprint density at radius 2 is 2.43 bits per heavy atom. The molecular formula is C11H17N3. The SMILES string of the molecule is CCC(C)c1ncn2c1C(C)CC=N2. The third-order valence-corrected chi connectivity index (χ3v) is 3.03. The molecule has 2 rings (SSSR count). The molecule has 0 bridgehead atoms. The summed E-state index contributed by atoms with van der Waals surface area (Å²) in [6, 6.07) is 0. The first-order chi connectivity index (χ1) is 6.74. The standard InChI is InChI=1S/C11H17N3/c1-4-8(2)10-11-9(3)5-6-13-14(11)7-12-10/h6-9H,4-5H2,1-3H3. The summed E-state index contributed by atoms with van der Waals surface area (Å²) in [4.78, 5) is 4.47. The van der Waals surface area contributed by atoms with Gasteiger partial charge in [-0.05, 0) is 12.8 Å². The lowest BCUT2D eigenvalue weighted by atomic mass is 9.95. The predicted octanol–water partition coefficient (Wildman–Crippen LogP) is 2.74. The monoisotopic (exact) mass is 191 g/mol. The summed E-state index contributed by atoms with van der Waals surface area (Å²) >= 11 is 0. The van der Waals surface area contributed by atoms with Crippen molar-refractivity contribution in [2.24, 2.45) is 5.10 Å². The molecule has 1 aliphatic heterocycles. The van der Waals surface area contributed by atoms with E-state index >= 15 is 0 Å². The van der Waals surface area contributed by atoms with Gasteiger partial charge in [-0.15, -0.1) is 0 Å². The Hall–Kier alpha value is -1.12. The van der Waals surface area contributed by atoms with Crippen LogP contribution in [-0.4, -0.2) is 15.9 Å². The molecule has 76 valence electrons. The fraction of sp³-hybridized carbons (Fsp3) is 0.636. The van der Waals surface area contributed by atoms with Crippen molar-refractivity contribution in [3.05, 3.63) is 17.7 Å². The van der Waals surface area contributed by atoms with Crippen molar-refractivity contribution in [1.82, 2.24) is 9.66 Å². The minimum Gasteiger partial charge on any atom is -0.239 e. The predicted molar refractivity (Wildman–Crippen MR) is 57.9 cm³/mol. The van der Waals surface area contributed by atoms with Gasteiger partial charge in [0.15, 0.2) is 0 Å². The van der Waals surface area contributed by atoms with Crippen LogP contribution in [0.2, 0.25) is 0 Å². The summed E-state index contributed by atoms with van der Waals surface area (Å²) in [6.45, 7) is 6.67. The molecule has 1 aliphatic rings. The van der Waals surface area contributed by atoms with E-state index in [4.69, 9.17) is 0 Å². The second kappa shape index (κ2) is 3.56. The maximum absolute atomic E-state index is 4.47. The zero-order chi connectivity index (χ0) is 10.1. The number of hydrogen-bond acceptors (Lipinski definition) is 2. The van der Waals surface area contributed by atoms with Gasteiger partial charge in [0, 0.05) is 18.1 Å². The van der Waals surface area contributed by atoms with Crippen LogP contribution < -0.4 is 0 Å². The van der Waals surface area contributed by atoms with Gasteiger partial charge < -0.3 is 0 Å². The van der Waals surface area contributed by atoms with Crippen molar-refractivity contribution in [2.45, 2.75) is 45.4 Å². The van der Waals surface area contributed by atoms with Gasteiger partial charge in [0.25, 0.3) is 0 Å². The lowest BCUT2D eigenvalue weighted by Crippen LogP contribution is -2.10. The molecule has 0 spiro atoms. The van der Waals surface area contributed by atoms with E-state index in [2.05, 4.69) is 30.9 Å². The van der Waals surface area contributed by atoms with Gasteiger partial charge in [-0.2, -0.15) is 5.10 Å². The summed E-state index contributed by atoms with van der Waals surface area (Å²) in [7, 11) is 0.